The van der Waals surface area contributed by atoms with Crippen LogP contribution >= 0.6 is 11.6 Å². The Kier molecular flexibility index (Phi) is 3.28. The fraction of sp³-hybridized carbons (Fsp3) is 0.474. The summed E-state index contributed by atoms with van der Waals surface area (Å²) in [6.45, 7) is 0.914. The summed E-state index contributed by atoms with van der Waals surface area (Å²) in [6.07, 6.45) is 5.70. The van der Waals surface area contributed by atoms with E-state index in [1.165, 1.54) is 0 Å². The number of halogens is 1. The Labute approximate surface area is 151 Å². The van der Waals surface area contributed by atoms with E-state index in [4.69, 9.17) is 16.3 Å². The highest BCUT2D eigenvalue weighted by atomic mass is 35.5. The molecule has 2 bridgehead atoms. The Hall–Kier alpha value is -1.85. The number of carbonyl (C=O) groups excluding carboxylic acids is 2. The number of ether oxygens (including phenoxy) is 1. The molecule has 6 heteroatoms. The molecular formula is C19H19ClN2O3. The Bertz CT molecular complexity index is 791. The highest BCUT2D eigenvalue weighted by Gasteiger charge is 2.66. The molecule has 5 rings (SSSR count). The minimum atomic E-state index is -0.658. The van der Waals surface area contributed by atoms with Crippen LogP contribution in [0.2, 0.25) is 5.02 Å². The molecule has 1 aliphatic carbocycles. The first-order valence-electron chi connectivity index (χ1n) is 8.77. The summed E-state index contributed by atoms with van der Waals surface area (Å²) in [5.41, 5.74) is 0.251. The van der Waals surface area contributed by atoms with Gasteiger partial charge in [0.2, 0.25) is 11.8 Å². The highest BCUT2D eigenvalue weighted by Crippen LogP contribution is 2.52. The summed E-state index contributed by atoms with van der Waals surface area (Å²) in [4.78, 5) is 27.5. The maximum atomic E-state index is 13.1. The smallest absolute Gasteiger partial charge is 0.230 e. The first-order valence-corrected chi connectivity index (χ1v) is 9.15. The zero-order valence-corrected chi connectivity index (χ0v) is 14.4. The minimum absolute atomic E-state index is 0.0114. The van der Waals surface area contributed by atoms with E-state index in [-0.39, 0.29) is 24.0 Å². The quantitative estimate of drug-likeness (QED) is 0.836. The van der Waals surface area contributed by atoms with Crippen LogP contribution in [0.4, 0.5) is 0 Å². The van der Waals surface area contributed by atoms with Gasteiger partial charge in [0.25, 0.3) is 0 Å². The monoisotopic (exact) mass is 358 g/mol. The molecule has 0 radical (unpaired) electrons. The molecule has 3 heterocycles. The molecule has 1 saturated carbocycles. The molecule has 2 saturated heterocycles. The minimum Gasteiger partial charge on any atom is -0.360 e. The van der Waals surface area contributed by atoms with Crippen LogP contribution < -0.4 is 5.32 Å². The normalized spacial score (nSPS) is 35.3. The van der Waals surface area contributed by atoms with Crippen LogP contribution in [0.1, 0.15) is 18.4 Å². The number of likely N-dealkylation sites (tertiary alicyclic amines) is 1. The van der Waals surface area contributed by atoms with Crippen molar-refractivity contribution in [3.05, 3.63) is 47.0 Å². The van der Waals surface area contributed by atoms with Crippen molar-refractivity contribution in [2.75, 3.05) is 6.54 Å². The van der Waals surface area contributed by atoms with Crippen LogP contribution in [0.3, 0.4) is 0 Å². The molecule has 3 aliphatic heterocycles. The number of carbonyl (C=O) groups is 2. The highest BCUT2D eigenvalue weighted by molar-refractivity contribution is 6.31. The van der Waals surface area contributed by atoms with Gasteiger partial charge in [-0.1, -0.05) is 42.0 Å². The van der Waals surface area contributed by atoms with Gasteiger partial charge < -0.3 is 15.0 Å². The fourth-order valence-corrected chi connectivity index (χ4v) is 4.56. The first kappa shape index (κ1) is 15.4. The zero-order chi connectivity index (χ0) is 17.2. The molecule has 1 aromatic carbocycles. The lowest BCUT2D eigenvalue weighted by Gasteiger charge is -2.23. The maximum absolute atomic E-state index is 13.1. The van der Waals surface area contributed by atoms with Crippen molar-refractivity contribution in [1.29, 1.82) is 0 Å². The Balaban J connectivity index is 1.41. The molecule has 4 unspecified atom stereocenters. The van der Waals surface area contributed by atoms with Gasteiger partial charge in [0.05, 0.1) is 24.5 Å². The van der Waals surface area contributed by atoms with Crippen molar-refractivity contribution in [2.24, 2.45) is 11.8 Å². The number of fused-ring (bicyclic) bond motifs is 1. The Morgan fingerprint density at radius 1 is 1.36 bits per heavy atom. The summed E-state index contributed by atoms with van der Waals surface area (Å²) in [5.74, 6) is -0.905. The van der Waals surface area contributed by atoms with Gasteiger partial charge in [0.1, 0.15) is 5.60 Å². The Morgan fingerprint density at radius 2 is 2.16 bits per heavy atom. The molecule has 1 aromatic rings. The van der Waals surface area contributed by atoms with E-state index in [1.54, 1.807) is 4.90 Å². The first-order chi connectivity index (χ1) is 12.1. The van der Waals surface area contributed by atoms with Crippen LogP contribution in [0.15, 0.2) is 36.4 Å². The second kappa shape index (κ2) is 5.32. The van der Waals surface area contributed by atoms with Crippen molar-refractivity contribution in [3.8, 4) is 0 Å². The van der Waals surface area contributed by atoms with E-state index in [0.29, 0.717) is 18.1 Å². The topological polar surface area (TPSA) is 58.6 Å². The second-order valence-corrected chi connectivity index (χ2v) is 7.88. The van der Waals surface area contributed by atoms with Crippen LogP contribution in [-0.4, -0.2) is 41.0 Å². The predicted molar refractivity (Wildman–Crippen MR) is 91.8 cm³/mol. The number of hydrogen-bond donors (Lipinski definition) is 1. The number of hydrogen-bond acceptors (Lipinski definition) is 3. The molecule has 4 aliphatic rings. The van der Waals surface area contributed by atoms with Gasteiger partial charge >= 0.3 is 0 Å². The largest absolute Gasteiger partial charge is 0.360 e. The van der Waals surface area contributed by atoms with Gasteiger partial charge in [-0.05, 0) is 24.5 Å². The lowest BCUT2D eigenvalue weighted by molar-refractivity contribution is -0.137. The molecule has 130 valence electrons. The average molecular weight is 359 g/mol. The third-order valence-corrected chi connectivity index (χ3v) is 6.09. The molecule has 4 atom stereocenters. The lowest BCUT2D eigenvalue weighted by Crippen LogP contribution is -2.44. The SMILES string of the molecule is O=C(NC1CC1)C1C2C=CC3(CN(Cc4ccccc4Cl)C(=O)C13)O2. The van der Waals surface area contributed by atoms with Crippen LogP contribution in [0.25, 0.3) is 0 Å². The van der Waals surface area contributed by atoms with Crippen molar-refractivity contribution >= 4 is 23.4 Å². The number of nitrogens with one attached hydrogen (secondary N) is 1. The van der Waals surface area contributed by atoms with Crippen molar-refractivity contribution < 1.29 is 14.3 Å². The molecule has 2 amide bonds. The van der Waals surface area contributed by atoms with Gasteiger partial charge in [-0.2, -0.15) is 0 Å². The molecule has 3 fully saturated rings. The van der Waals surface area contributed by atoms with Crippen molar-refractivity contribution in [1.82, 2.24) is 10.2 Å². The average Bonchev–Trinajstić information content (AvgIpc) is 3.13. The summed E-state index contributed by atoms with van der Waals surface area (Å²) in [6, 6.07) is 7.81. The summed E-state index contributed by atoms with van der Waals surface area (Å²) >= 11 is 6.24. The van der Waals surface area contributed by atoms with Gasteiger partial charge in [-0.25, -0.2) is 0 Å². The number of nitrogens with zero attached hydrogens (tertiary/aromatic N) is 1. The van der Waals surface area contributed by atoms with Gasteiger partial charge in [-0.15, -0.1) is 0 Å². The van der Waals surface area contributed by atoms with Crippen LogP contribution in [-0.2, 0) is 20.9 Å². The van der Waals surface area contributed by atoms with Gasteiger partial charge in [0.15, 0.2) is 0 Å². The lowest BCUT2D eigenvalue weighted by atomic mass is 9.77. The maximum Gasteiger partial charge on any atom is 0.230 e. The number of rotatable bonds is 4. The summed E-state index contributed by atoms with van der Waals surface area (Å²) in [7, 11) is 0. The molecule has 1 spiro atoms. The van der Waals surface area contributed by atoms with E-state index in [1.807, 2.05) is 36.4 Å². The second-order valence-electron chi connectivity index (χ2n) is 7.47. The van der Waals surface area contributed by atoms with Crippen LogP contribution in [0, 0.1) is 11.8 Å². The molecular weight excluding hydrogens is 340 g/mol. The fourth-order valence-electron chi connectivity index (χ4n) is 4.37. The van der Waals surface area contributed by atoms with E-state index in [9.17, 15) is 9.59 Å². The molecule has 25 heavy (non-hydrogen) atoms. The van der Waals surface area contributed by atoms with E-state index >= 15 is 0 Å². The number of amides is 2. The summed E-state index contributed by atoms with van der Waals surface area (Å²) in [5, 5.41) is 3.69. The van der Waals surface area contributed by atoms with E-state index in [0.717, 1.165) is 18.4 Å². The Morgan fingerprint density at radius 3 is 2.92 bits per heavy atom. The number of benzene rings is 1. The van der Waals surface area contributed by atoms with E-state index in [2.05, 4.69) is 5.32 Å². The third-order valence-electron chi connectivity index (χ3n) is 5.72. The molecule has 0 aromatic heterocycles. The third kappa shape index (κ3) is 2.33. The standard InChI is InChI=1S/C19H19ClN2O3/c20-13-4-2-1-3-11(13)9-22-10-19-8-7-14(25-19)15(16(19)18(22)24)17(23)21-12-5-6-12/h1-4,7-8,12,14-16H,5-6,9-10H2,(H,21,23). The molecule has 5 nitrogen and oxygen atoms in total. The van der Waals surface area contributed by atoms with E-state index < -0.39 is 17.4 Å². The van der Waals surface area contributed by atoms with Crippen molar-refractivity contribution in [2.45, 2.75) is 37.1 Å². The van der Waals surface area contributed by atoms with Gasteiger partial charge in [0, 0.05) is 17.6 Å². The van der Waals surface area contributed by atoms with Crippen LogP contribution in [0.5, 0.6) is 0 Å². The van der Waals surface area contributed by atoms with Crippen molar-refractivity contribution in [3.63, 3.8) is 0 Å². The molecule has 1 N–H and O–H groups in total. The van der Waals surface area contributed by atoms with Gasteiger partial charge in [-0.3, -0.25) is 9.59 Å². The predicted octanol–water partition coefficient (Wildman–Crippen LogP) is 1.90. The summed E-state index contributed by atoms with van der Waals surface area (Å²) < 4.78 is 6.12. The zero-order valence-electron chi connectivity index (χ0n) is 13.7.